The molecule has 1 saturated heterocycles. The fraction of sp³-hybridized carbons (Fsp3) is 0.625. The summed E-state index contributed by atoms with van der Waals surface area (Å²) in [6.45, 7) is 6.54. The summed E-state index contributed by atoms with van der Waals surface area (Å²) in [7, 11) is 4.15. The zero-order chi connectivity index (χ0) is 15.4. The zero-order valence-corrected chi connectivity index (χ0v) is 13.5. The summed E-state index contributed by atoms with van der Waals surface area (Å²) in [5.41, 5.74) is 1.71. The molecule has 0 aromatic carbocycles. The van der Waals surface area contributed by atoms with Gasteiger partial charge >= 0.3 is 0 Å². The minimum atomic E-state index is 0.121. The highest BCUT2D eigenvalue weighted by Crippen LogP contribution is 2.19. The number of likely N-dealkylation sites (tertiary alicyclic amines) is 1. The van der Waals surface area contributed by atoms with Gasteiger partial charge in [0.15, 0.2) is 0 Å². The number of nitrogens with zero attached hydrogens (tertiary/aromatic N) is 3. The van der Waals surface area contributed by atoms with Crippen LogP contribution in [0.25, 0.3) is 0 Å². The summed E-state index contributed by atoms with van der Waals surface area (Å²) < 4.78 is 0. The van der Waals surface area contributed by atoms with Crippen molar-refractivity contribution in [1.82, 2.24) is 14.8 Å². The van der Waals surface area contributed by atoms with Crippen molar-refractivity contribution in [3.63, 3.8) is 0 Å². The van der Waals surface area contributed by atoms with Gasteiger partial charge in [-0.2, -0.15) is 0 Å². The number of likely N-dealkylation sites (N-methyl/N-ethyl adjacent to an activating group) is 1. The van der Waals surface area contributed by atoms with Gasteiger partial charge in [-0.1, -0.05) is 6.92 Å². The van der Waals surface area contributed by atoms with Crippen LogP contribution in [-0.4, -0.2) is 60.5 Å². The van der Waals surface area contributed by atoms with Crippen molar-refractivity contribution in [1.29, 1.82) is 0 Å². The monoisotopic (exact) mass is 290 g/mol. The molecule has 1 fully saturated rings. The zero-order valence-electron chi connectivity index (χ0n) is 13.5. The first kappa shape index (κ1) is 15.8. The van der Waals surface area contributed by atoms with Crippen LogP contribution in [0, 0.1) is 0 Å². The van der Waals surface area contributed by atoms with Gasteiger partial charge in [0.2, 0.25) is 0 Å². The molecule has 0 radical (unpaired) electrons. The van der Waals surface area contributed by atoms with E-state index in [1.807, 2.05) is 24.0 Å². The number of aromatic nitrogens is 1. The molecular weight excluding hydrogens is 264 g/mol. The number of aryl methyl sites for hydroxylation is 1. The molecule has 1 atom stereocenters. The Bertz CT molecular complexity index is 501. The largest absolute Gasteiger partial charge is 0.370 e. The normalized spacial score (nSPS) is 18.3. The number of nitrogens with one attached hydrogen (secondary N) is 1. The van der Waals surface area contributed by atoms with Crippen LogP contribution in [0.15, 0.2) is 12.1 Å². The van der Waals surface area contributed by atoms with E-state index in [-0.39, 0.29) is 5.91 Å². The van der Waals surface area contributed by atoms with Crippen LogP contribution in [-0.2, 0) is 6.42 Å². The highest BCUT2D eigenvalue weighted by atomic mass is 16.2. The lowest BCUT2D eigenvalue weighted by atomic mass is 10.1. The number of carbonyl (C=O) groups excluding carboxylic acids is 1. The fourth-order valence-corrected chi connectivity index (χ4v) is 2.69. The molecule has 5 nitrogen and oxygen atoms in total. The molecule has 2 heterocycles. The highest BCUT2D eigenvalue weighted by Gasteiger charge is 2.28. The molecule has 2 rings (SSSR count). The summed E-state index contributed by atoms with van der Waals surface area (Å²) in [5.74, 6) is 0.916. The van der Waals surface area contributed by atoms with Gasteiger partial charge in [0, 0.05) is 36.9 Å². The molecule has 1 unspecified atom stereocenters. The number of hydrogen-bond acceptors (Lipinski definition) is 4. The van der Waals surface area contributed by atoms with E-state index in [1.54, 1.807) is 0 Å². The third-order valence-corrected chi connectivity index (χ3v) is 4.03. The first-order valence-electron chi connectivity index (χ1n) is 7.75. The van der Waals surface area contributed by atoms with Gasteiger partial charge in [0.25, 0.3) is 5.91 Å². The second kappa shape index (κ2) is 6.89. The number of carbonyl (C=O) groups is 1. The second-order valence-corrected chi connectivity index (χ2v) is 5.77. The van der Waals surface area contributed by atoms with Gasteiger partial charge in [0.05, 0.1) is 0 Å². The molecule has 5 heteroatoms. The van der Waals surface area contributed by atoms with Gasteiger partial charge in [-0.15, -0.1) is 0 Å². The Balaban J connectivity index is 2.17. The van der Waals surface area contributed by atoms with Crippen molar-refractivity contribution in [3.05, 3.63) is 23.4 Å². The first-order valence-corrected chi connectivity index (χ1v) is 7.75. The molecular formula is C16H26N4O. The van der Waals surface area contributed by atoms with Crippen LogP contribution in [0.5, 0.6) is 0 Å². The average molecular weight is 290 g/mol. The van der Waals surface area contributed by atoms with Crippen LogP contribution in [0.2, 0.25) is 0 Å². The van der Waals surface area contributed by atoms with Crippen LogP contribution in [0.3, 0.4) is 0 Å². The molecule has 1 amide bonds. The van der Waals surface area contributed by atoms with E-state index in [9.17, 15) is 4.79 Å². The lowest BCUT2D eigenvalue weighted by Gasteiger charge is -2.21. The molecule has 1 N–H and O–H groups in total. The van der Waals surface area contributed by atoms with Crippen LogP contribution < -0.4 is 5.32 Å². The van der Waals surface area contributed by atoms with Gasteiger partial charge < -0.3 is 15.1 Å². The number of anilines is 1. The van der Waals surface area contributed by atoms with Gasteiger partial charge in [-0.3, -0.25) is 4.79 Å². The lowest BCUT2D eigenvalue weighted by Crippen LogP contribution is -2.34. The van der Waals surface area contributed by atoms with E-state index >= 15 is 0 Å². The fourth-order valence-electron chi connectivity index (χ4n) is 2.69. The van der Waals surface area contributed by atoms with Crippen LogP contribution in [0.4, 0.5) is 5.82 Å². The second-order valence-electron chi connectivity index (χ2n) is 5.77. The standard InChI is InChI=1S/C16H26N4O/c1-5-13-9-12(10-15(18-13)17-6-2)16(21)20-8-7-14(11-20)19(3)4/h9-10,14H,5-8,11H2,1-4H3,(H,17,18). The topological polar surface area (TPSA) is 48.5 Å². The van der Waals surface area contributed by atoms with E-state index in [2.05, 4.69) is 36.2 Å². The maximum atomic E-state index is 12.7. The van der Waals surface area contributed by atoms with Crippen molar-refractivity contribution in [3.8, 4) is 0 Å². The number of rotatable bonds is 5. The molecule has 1 aromatic heterocycles. The molecule has 1 aliphatic heterocycles. The number of amides is 1. The van der Waals surface area contributed by atoms with E-state index in [0.717, 1.165) is 49.6 Å². The maximum Gasteiger partial charge on any atom is 0.254 e. The first-order chi connectivity index (χ1) is 10.0. The average Bonchev–Trinajstić information content (AvgIpc) is 2.96. The van der Waals surface area contributed by atoms with E-state index in [0.29, 0.717) is 6.04 Å². The summed E-state index contributed by atoms with van der Waals surface area (Å²) in [4.78, 5) is 21.3. The molecule has 1 aromatic rings. The molecule has 116 valence electrons. The summed E-state index contributed by atoms with van der Waals surface area (Å²) in [6, 6.07) is 4.26. The van der Waals surface area contributed by atoms with E-state index < -0.39 is 0 Å². The quantitative estimate of drug-likeness (QED) is 0.899. The highest BCUT2D eigenvalue weighted by molar-refractivity contribution is 5.95. The SMILES string of the molecule is CCNc1cc(C(=O)N2CCC(N(C)C)C2)cc(CC)n1. The van der Waals surface area contributed by atoms with Gasteiger partial charge in [-0.05, 0) is 46.0 Å². The van der Waals surface area contributed by atoms with Crippen molar-refractivity contribution in [2.24, 2.45) is 0 Å². The number of hydrogen-bond donors (Lipinski definition) is 1. The Labute approximate surface area is 127 Å². The predicted molar refractivity (Wildman–Crippen MR) is 85.8 cm³/mol. The Morgan fingerprint density at radius 1 is 1.43 bits per heavy atom. The van der Waals surface area contributed by atoms with Crippen molar-refractivity contribution < 1.29 is 4.79 Å². The van der Waals surface area contributed by atoms with Crippen LogP contribution in [0.1, 0.15) is 36.3 Å². The molecule has 21 heavy (non-hydrogen) atoms. The van der Waals surface area contributed by atoms with Gasteiger partial charge in [-0.25, -0.2) is 4.98 Å². The Kier molecular flexibility index (Phi) is 5.17. The third-order valence-electron chi connectivity index (χ3n) is 4.03. The maximum absolute atomic E-state index is 12.7. The van der Waals surface area contributed by atoms with Crippen molar-refractivity contribution in [2.75, 3.05) is 39.0 Å². The van der Waals surface area contributed by atoms with Gasteiger partial charge in [0.1, 0.15) is 5.82 Å². The van der Waals surface area contributed by atoms with Crippen molar-refractivity contribution >= 4 is 11.7 Å². The minimum Gasteiger partial charge on any atom is -0.370 e. The van der Waals surface area contributed by atoms with Crippen molar-refractivity contribution in [2.45, 2.75) is 32.7 Å². The van der Waals surface area contributed by atoms with E-state index in [1.165, 1.54) is 0 Å². The lowest BCUT2D eigenvalue weighted by molar-refractivity contribution is 0.0783. The smallest absolute Gasteiger partial charge is 0.254 e. The summed E-state index contributed by atoms with van der Waals surface area (Å²) in [5, 5.41) is 3.21. The Morgan fingerprint density at radius 2 is 2.19 bits per heavy atom. The summed E-state index contributed by atoms with van der Waals surface area (Å²) in [6.07, 6.45) is 1.88. The third kappa shape index (κ3) is 3.73. The number of pyridine rings is 1. The molecule has 0 bridgehead atoms. The molecule has 1 aliphatic rings. The minimum absolute atomic E-state index is 0.121. The molecule has 0 aliphatic carbocycles. The molecule has 0 spiro atoms. The predicted octanol–water partition coefficient (Wildman–Crippen LogP) is 1.85. The van der Waals surface area contributed by atoms with Crippen LogP contribution >= 0.6 is 0 Å². The Morgan fingerprint density at radius 3 is 2.76 bits per heavy atom. The summed E-state index contributed by atoms with van der Waals surface area (Å²) >= 11 is 0. The van der Waals surface area contributed by atoms with E-state index in [4.69, 9.17) is 0 Å². The molecule has 0 saturated carbocycles. The Hall–Kier alpha value is -1.62.